The van der Waals surface area contributed by atoms with E-state index < -0.39 is 32.6 Å². The summed E-state index contributed by atoms with van der Waals surface area (Å²) in [5.74, 6) is -0.721. The number of hydrogen-bond acceptors (Lipinski definition) is 3. The molecule has 0 aliphatic heterocycles. The number of nitrogens with two attached hydrogens (primary N) is 1. The van der Waals surface area contributed by atoms with Crippen LogP contribution in [0.2, 0.25) is 5.02 Å². The maximum Gasteiger partial charge on any atom is 0.417 e. The Bertz CT molecular complexity index is 881. The van der Waals surface area contributed by atoms with E-state index in [1.807, 2.05) is 4.72 Å². The van der Waals surface area contributed by atoms with Crippen molar-refractivity contribution in [1.29, 1.82) is 0 Å². The van der Waals surface area contributed by atoms with Crippen LogP contribution < -0.4 is 10.5 Å². The van der Waals surface area contributed by atoms with Crippen molar-refractivity contribution < 1.29 is 26.4 Å². The summed E-state index contributed by atoms with van der Waals surface area (Å²) < 4.78 is 65.6. The standard InChI is InChI=1S/C14H10ClF3N2O3S/c15-9-3-6-12(11(7-9)14(16,17)18)24(22,23)20-10-4-1-8(2-5-10)13(19)21/h1-7,20H,(H2,19,21). The van der Waals surface area contributed by atoms with Crippen LogP contribution >= 0.6 is 11.6 Å². The van der Waals surface area contributed by atoms with Gasteiger partial charge in [-0.2, -0.15) is 13.2 Å². The monoisotopic (exact) mass is 378 g/mol. The molecule has 2 rings (SSSR count). The molecule has 0 heterocycles. The van der Waals surface area contributed by atoms with Crippen LogP contribution in [0.25, 0.3) is 0 Å². The molecule has 0 unspecified atom stereocenters. The topological polar surface area (TPSA) is 89.3 Å². The lowest BCUT2D eigenvalue weighted by Crippen LogP contribution is -2.19. The van der Waals surface area contributed by atoms with Gasteiger partial charge in [-0.3, -0.25) is 9.52 Å². The molecular weight excluding hydrogens is 369 g/mol. The van der Waals surface area contributed by atoms with Gasteiger partial charge in [0.05, 0.1) is 10.5 Å². The van der Waals surface area contributed by atoms with Crippen molar-refractivity contribution in [2.24, 2.45) is 5.73 Å². The second-order valence-electron chi connectivity index (χ2n) is 4.69. The fourth-order valence-corrected chi connectivity index (χ4v) is 3.31. The molecule has 5 nitrogen and oxygen atoms in total. The van der Waals surface area contributed by atoms with Crippen molar-refractivity contribution in [3.63, 3.8) is 0 Å². The summed E-state index contributed by atoms with van der Waals surface area (Å²) in [7, 11) is -4.52. The molecule has 128 valence electrons. The second-order valence-corrected chi connectivity index (χ2v) is 6.77. The lowest BCUT2D eigenvalue weighted by Gasteiger charge is -2.15. The molecular formula is C14H10ClF3N2O3S. The predicted octanol–water partition coefficient (Wildman–Crippen LogP) is 3.26. The highest BCUT2D eigenvalue weighted by molar-refractivity contribution is 7.92. The zero-order valence-electron chi connectivity index (χ0n) is 11.8. The minimum atomic E-state index is -4.90. The average Bonchev–Trinajstić information content (AvgIpc) is 2.46. The summed E-state index contributed by atoms with van der Waals surface area (Å²) in [6, 6.07) is 7.25. The number of carbonyl (C=O) groups excluding carboxylic acids is 1. The molecule has 1 amide bonds. The number of amides is 1. The van der Waals surface area contributed by atoms with Gasteiger partial charge in [-0.25, -0.2) is 8.42 Å². The van der Waals surface area contributed by atoms with Gasteiger partial charge in [0.25, 0.3) is 10.0 Å². The average molecular weight is 379 g/mol. The van der Waals surface area contributed by atoms with Crippen LogP contribution in [-0.4, -0.2) is 14.3 Å². The molecule has 3 N–H and O–H groups in total. The smallest absolute Gasteiger partial charge is 0.366 e. The van der Waals surface area contributed by atoms with Crippen LogP contribution in [0.3, 0.4) is 0 Å². The molecule has 0 bridgehead atoms. The van der Waals surface area contributed by atoms with Crippen molar-refractivity contribution in [3.05, 3.63) is 58.6 Å². The van der Waals surface area contributed by atoms with Crippen molar-refractivity contribution in [3.8, 4) is 0 Å². The van der Waals surface area contributed by atoms with Gasteiger partial charge < -0.3 is 5.73 Å². The van der Waals surface area contributed by atoms with Crippen molar-refractivity contribution in [2.45, 2.75) is 11.1 Å². The summed E-state index contributed by atoms with van der Waals surface area (Å²) in [4.78, 5) is 9.99. The van der Waals surface area contributed by atoms with Gasteiger partial charge in [0.1, 0.15) is 0 Å². The van der Waals surface area contributed by atoms with Crippen LogP contribution in [0.15, 0.2) is 47.4 Å². The minimum Gasteiger partial charge on any atom is -0.366 e. The Morgan fingerprint density at radius 1 is 1.08 bits per heavy atom. The fraction of sp³-hybridized carbons (Fsp3) is 0.0714. The number of hydrogen-bond donors (Lipinski definition) is 2. The number of benzene rings is 2. The second kappa shape index (κ2) is 6.33. The highest BCUT2D eigenvalue weighted by Gasteiger charge is 2.37. The zero-order chi connectivity index (χ0) is 18.1. The first-order valence-corrected chi connectivity index (χ1v) is 8.16. The number of halogens is 4. The Morgan fingerprint density at radius 2 is 1.67 bits per heavy atom. The molecule has 24 heavy (non-hydrogen) atoms. The molecule has 0 saturated carbocycles. The summed E-state index contributed by atoms with van der Waals surface area (Å²) in [6.07, 6.45) is -4.90. The van der Waals surface area contributed by atoms with Gasteiger partial charge in [0.2, 0.25) is 5.91 Å². The Kier molecular flexibility index (Phi) is 4.77. The van der Waals surface area contributed by atoms with E-state index in [2.05, 4.69) is 0 Å². The number of alkyl halides is 3. The van der Waals surface area contributed by atoms with Gasteiger partial charge in [0.15, 0.2) is 0 Å². The number of anilines is 1. The van der Waals surface area contributed by atoms with E-state index in [9.17, 15) is 26.4 Å². The molecule has 0 saturated heterocycles. The van der Waals surface area contributed by atoms with Crippen molar-refractivity contribution >= 4 is 33.2 Å². The first kappa shape index (κ1) is 18.1. The van der Waals surface area contributed by atoms with Gasteiger partial charge in [-0.1, -0.05) is 11.6 Å². The zero-order valence-corrected chi connectivity index (χ0v) is 13.3. The lowest BCUT2D eigenvalue weighted by atomic mass is 10.2. The molecule has 0 fully saturated rings. The highest BCUT2D eigenvalue weighted by atomic mass is 35.5. The molecule has 0 spiro atoms. The van der Waals surface area contributed by atoms with Gasteiger partial charge in [-0.15, -0.1) is 0 Å². The maximum atomic E-state index is 13.0. The van der Waals surface area contributed by atoms with E-state index >= 15 is 0 Å². The minimum absolute atomic E-state index is 0.0249. The van der Waals surface area contributed by atoms with E-state index in [0.717, 1.165) is 12.1 Å². The van der Waals surface area contributed by atoms with Gasteiger partial charge >= 0.3 is 6.18 Å². The van der Waals surface area contributed by atoms with E-state index in [1.165, 1.54) is 24.3 Å². The van der Waals surface area contributed by atoms with Crippen LogP contribution in [0.1, 0.15) is 15.9 Å². The predicted molar refractivity (Wildman–Crippen MR) is 82.2 cm³/mol. The largest absolute Gasteiger partial charge is 0.417 e. The first-order valence-electron chi connectivity index (χ1n) is 6.30. The van der Waals surface area contributed by atoms with Crippen molar-refractivity contribution in [2.75, 3.05) is 4.72 Å². The van der Waals surface area contributed by atoms with E-state index in [4.69, 9.17) is 17.3 Å². The third-order valence-corrected chi connectivity index (χ3v) is 4.63. The lowest BCUT2D eigenvalue weighted by molar-refractivity contribution is -0.139. The van der Waals surface area contributed by atoms with Crippen LogP contribution in [0.4, 0.5) is 18.9 Å². The van der Waals surface area contributed by atoms with Crippen LogP contribution in [0.5, 0.6) is 0 Å². The molecule has 2 aromatic carbocycles. The summed E-state index contributed by atoms with van der Waals surface area (Å²) in [6.45, 7) is 0. The molecule has 0 atom stereocenters. The molecule has 0 aliphatic rings. The summed E-state index contributed by atoms with van der Waals surface area (Å²) >= 11 is 5.52. The third-order valence-electron chi connectivity index (χ3n) is 2.96. The van der Waals surface area contributed by atoms with Gasteiger partial charge in [-0.05, 0) is 42.5 Å². The molecule has 2 aromatic rings. The first-order chi connectivity index (χ1) is 11.0. The van der Waals surface area contributed by atoms with E-state index in [-0.39, 0.29) is 16.3 Å². The highest BCUT2D eigenvalue weighted by Crippen LogP contribution is 2.36. The Labute approximate surface area is 140 Å². The number of nitrogens with one attached hydrogen (secondary N) is 1. The SMILES string of the molecule is NC(=O)c1ccc(NS(=O)(=O)c2ccc(Cl)cc2C(F)(F)F)cc1. The molecule has 0 radical (unpaired) electrons. The third kappa shape index (κ3) is 3.98. The van der Waals surface area contributed by atoms with Crippen molar-refractivity contribution in [1.82, 2.24) is 0 Å². The maximum absolute atomic E-state index is 13.0. The van der Waals surface area contributed by atoms with Crippen LogP contribution in [0, 0.1) is 0 Å². The Hall–Kier alpha value is -2.26. The van der Waals surface area contributed by atoms with Crippen LogP contribution in [-0.2, 0) is 16.2 Å². The molecule has 0 aromatic heterocycles. The molecule has 10 heteroatoms. The normalized spacial score (nSPS) is 12.0. The quantitative estimate of drug-likeness (QED) is 0.855. The number of sulfonamides is 1. The number of rotatable bonds is 4. The number of primary amides is 1. The van der Waals surface area contributed by atoms with Gasteiger partial charge in [0, 0.05) is 16.3 Å². The Morgan fingerprint density at radius 3 is 2.17 bits per heavy atom. The van der Waals surface area contributed by atoms with E-state index in [0.29, 0.717) is 6.07 Å². The summed E-state index contributed by atoms with van der Waals surface area (Å²) in [5, 5.41) is -0.243. The fourth-order valence-electron chi connectivity index (χ4n) is 1.87. The van der Waals surface area contributed by atoms with E-state index in [1.54, 1.807) is 0 Å². The summed E-state index contributed by atoms with van der Waals surface area (Å²) in [5.41, 5.74) is 3.77. The Balaban J connectivity index is 2.43. The molecule has 0 aliphatic carbocycles. The number of carbonyl (C=O) groups is 1.